The van der Waals surface area contributed by atoms with Crippen molar-refractivity contribution in [2.45, 2.75) is 19.2 Å². The molecule has 0 radical (unpaired) electrons. The highest BCUT2D eigenvalue weighted by molar-refractivity contribution is 7.99. The van der Waals surface area contributed by atoms with Crippen LogP contribution in [0.25, 0.3) is 0 Å². The number of hydrogen-bond donors (Lipinski definition) is 1. The summed E-state index contributed by atoms with van der Waals surface area (Å²) < 4.78 is 16.2. The number of β-amino-alcohol motifs (C(OH)–C–C–N with tert-alkyl or cyclic N) is 1. The van der Waals surface area contributed by atoms with E-state index in [9.17, 15) is 5.11 Å². The summed E-state index contributed by atoms with van der Waals surface area (Å²) in [5.74, 6) is 3.59. The first-order valence-corrected chi connectivity index (χ1v) is 10.6. The Labute approximate surface area is 170 Å². The Morgan fingerprint density at radius 3 is 2.79 bits per heavy atom. The van der Waals surface area contributed by atoms with Crippen molar-refractivity contribution in [1.82, 2.24) is 15.0 Å². The van der Waals surface area contributed by atoms with Crippen molar-refractivity contribution in [3.05, 3.63) is 41.8 Å². The minimum absolute atomic E-state index is 0.255. The maximum absolute atomic E-state index is 10.3. The van der Waals surface area contributed by atoms with Gasteiger partial charge in [0.1, 0.15) is 19.0 Å². The SMILES string of the molecule is COc1cc(CN(C)Cc2ccon2)ccc1OCC(O)CN1CCSCC1. The van der Waals surface area contributed by atoms with Gasteiger partial charge in [-0.15, -0.1) is 0 Å². The van der Waals surface area contributed by atoms with Gasteiger partial charge in [-0.2, -0.15) is 11.8 Å². The van der Waals surface area contributed by atoms with Crippen molar-refractivity contribution < 1.29 is 19.1 Å². The molecule has 2 heterocycles. The van der Waals surface area contributed by atoms with Gasteiger partial charge >= 0.3 is 0 Å². The molecular weight excluding hydrogens is 378 g/mol. The van der Waals surface area contributed by atoms with E-state index < -0.39 is 6.10 Å². The van der Waals surface area contributed by atoms with Crippen molar-refractivity contribution in [3.8, 4) is 11.5 Å². The van der Waals surface area contributed by atoms with Crippen LogP contribution < -0.4 is 9.47 Å². The minimum atomic E-state index is -0.513. The average Bonchev–Trinajstić information content (AvgIpc) is 3.20. The van der Waals surface area contributed by atoms with E-state index in [0.29, 0.717) is 24.6 Å². The molecule has 0 amide bonds. The number of aromatic nitrogens is 1. The summed E-state index contributed by atoms with van der Waals surface area (Å²) in [7, 11) is 3.66. The van der Waals surface area contributed by atoms with E-state index in [-0.39, 0.29) is 6.61 Å². The number of aliphatic hydroxyl groups is 1. The van der Waals surface area contributed by atoms with E-state index in [1.165, 1.54) is 0 Å². The molecule has 0 aliphatic carbocycles. The molecule has 3 rings (SSSR count). The molecule has 1 N–H and O–H groups in total. The Balaban J connectivity index is 1.50. The number of nitrogens with zero attached hydrogens (tertiary/aromatic N) is 3. The zero-order valence-electron chi connectivity index (χ0n) is 16.5. The normalized spacial score (nSPS) is 16.3. The summed E-state index contributed by atoms with van der Waals surface area (Å²) in [6, 6.07) is 7.76. The van der Waals surface area contributed by atoms with Crippen LogP contribution in [0.3, 0.4) is 0 Å². The molecule has 2 aromatic rings. The molecule has 1 fully saturated rings. The predicted molar refractivity (Wildman–Crippen MR) is 110 cm³/mol. The quantitative estimate of drug-likeness (QED) is 0.642. The monoisotopic (exact) mass is 407 g/mol. The van der Waals surface area contributed by atoms with Gasteiger partial charge in [-0.3, -0.25) is 9.80 Å². The maximum Gasteiger partial charge on any atom is 0.161 e. The van der Waals surface area contributed by atoms with Crippen LogP contribution in [0, 0.1) is 0 Å². The van der Waals surface area contributed by atoms with Gasteiger partial charge in [-0.1, -0.05) is 11.2 Å². The van der Waals surface area contributed by atoms with Crippen LogP contribution in [0.4, 0.5) is 0 Å². The fourth-order valence-corrected chi connectivity index (χ4v) is 4.19. The third-order valence-electron chi connectivity index (χ3n) is 4.61. The molecule has 1 atom stereocenters. The maximum atomic E-state index is 10.3. The molecule has 1 aromatic heterocycles. The lowest BCUT2D eigenvalue weighted by Gasteiger charge is -2.28. The van der Waals surface area contributed by atoms with Crippen LogP contribution in [-0.4, -0.2) is 78.1 Å². The first-order valence-electron chi connectivity index (χ1n) is 9.49. The Morgan fingerprint density at radius 1 is 1.25 bits per heavy atom. The molecule has 28 heavy (non-hydrogen) atoms. The Hall–Kier alpha value is -1.74. The number of ether oxygens (including phenoxy) is 2. The molecular formula is C20H29N3O4S. The summed E-state index contributed by atoms with van der Waals surface area (Å²) in [5.41, 5.74) is 2.01. The van der Waals surface area contributed by atoms with Gasteiger partial charge in [0.05, 0.1) is 12.8 Å². The summed E-state index contributed by atoms with van der Waals surface area (Å²) in [6.45, 7) is 4.42. The highest BCUT2D eigenvalue weighted by Gasteiger charge is 2.16. The number of hydrogen-bond acceptors (Lipinski definition) is 8. The van der Waals surface area contributed by atoms with Crippen LogP contribution in [-0.2, 0) is 13.1 Å². The lowest BCUT2D eigenvalue weighted by Crippen LogP contribution is -2.40. The number of methoxy groups -OCH3 is 1. The van der Waals surface area contributed by atoms with Crippen molar-refractivity contribution in [2.75, 3.05) is 51.9 Å². The van der Waals surface area contributed by atoms with Crippen LogP contribution in [0.1, 0.15) is 11.3 Å². The van der Waals surface area contributed by atoms with Crippen molar-refractivity contribution in [2.24, 2.45) is 0 Å². The van der Waals surface area contributed by atoms with E-state index in [4.69, 9.17) is 14.0 Å². The molecule has 0 saturated carbocycles. The van der Waals surface area contributed by atoms with Gasteiger partial charge in [0.15, 0.2) is 11.5 Å². The third-order valence-corrected chi connectivity index (χ3v) is 5.55. The largest absolute Gasteiger partial charge is 0.493 e. The summed E-state index contributed by atoms with van der Waals surface area (Å²) >= 11 is 1.96. The van der Waals surface area contributed by atoms with Crippen LogP contribution >= 0.6 is 11.8 Å². The Kier molecular flexibility index (Phi) is 8.02. The van der Waals surface area contributed by atoms with Gasteiger partial charge in [0, 0.05) is 50.3 Å². The molecule has 1 aliphatic heterocycles. The predicted octanol–water partition coefficient (Wildman–Crippen LogP) is 2.10. The van der Waals surface area contributed by atoms with Gasteiger partial charge < -0.3 is 19.1 Å². The van der Waals surface area contributed by atoms with Gasteiger partial charge in [0.2, 0.25) is 0 Å². The zero-order chi connectivity index (χ0) is 19.8. The average molecular weight is 408 g/mol. The molecule has 7 nitrogen and oxygen atoms in total. The molecule has 0 spiro atoms. The molecule has 1 aliphatic rings. The molecule has 154 valence electrons. The van der Waals surface area contributed by atoms with Crippen molar-refractivity contribution in [1.29, 1.82) is 0 Å². The number of thioether (sulfide) groups is 1. The molecule has 1 unspecified atom stereocenters. The number of aliphatic hydroxyl groups excluding tert-OH is 1. The van der Waals surface area contributed by atoms with Gasteiger partial charge in [-0.05, 0) is 24.7 Å². The second kappa shape index (κ2) is 10.7. The number of benzene rings is 1. The fourth-order valence-electron chi connectivity index (χ4n) is 3.21. The van der Waals surface area contributed by atoms with E-state index in [2.05, 4.69) is 15.0 Å². The third kappa shape index (κ3) is 6.41. The molecule has 1 aromatic carbocycles. The topological polar surface area (TPSA) is 71.2 Å². The lowest BCUT2D eigenvalue weighted by molar-refractivity contribution is 0.0704. The zero-order valence-corrected chi connectivity index (χ0v) is 17.4. The highest BCUT2D eigenvalue weighted by Crippen LogP contribution is 2.29. The second-order valence-electron chi connectivity index (χ2n) is 7.03. The highest BCUT2D eigenvalue weighted by atomic mass is 32.2. The summed E-state index contributed by atoms with van der Waals surface area (Å²) in [5, 5.41) is 14.2. The van der Waals surface area contributed by atoms with Crippen LogP contribution in [0.2, 0.25) is 0 Å². The Morgan fingerprint density at radius 2 is 2.07 bits per heavy atom. The van der Waals surface area contributed by atoms with E-state index in [0.717, 1.165) is 42.4 Å². The second-order valence-corrected chi connectivity index (χ2v) is 8.25. The standard InChI is InChI=1S/C20H29N3O4S/c1-22(13-17-5-8-27-21-17)12-16-3-4-19(20(11-16)25-2)26-15-18(24)14-23-6-9-28-10-7-23/h3-5,8,11,18,24H,6-7,9-10,12-15H2,1-2H3. The van der Waals surface area contributed by atoms with E-state index in [1.807, 2.05) is 43.1 Å². The Bertz CT molecular complexity index is 707. The van der Waals surface area contributed by atoms with Crippen molar-refractivity contribution >= 4 is 11.8 Å². The van der Waals surface area contributed by atoms with Crippen LogP contribution in [0.5, 0.6) is 11.5 Å². The lowest BCUT2D eigenvalue weighted by atomic mass is 10.2. The van der Waals surface area contributed by atoms with Crippen LogP contribution in [0.15, 0.2) is 35.1 Å². The first-order chi connectivity index (χ1) is 13.6. The van der Waals surface area contributed by atoms with E-state index in [1.54, 1.807) is 13.4 Å². The first kappa shape index (κ1) is 21.0. The van der Waals surface area contributed by atoms with E-state index >= 15 is 0 Å². The van der Waals surface area contributed by atoms with Crippen molar-refractivity contribution in [3.63, 3.8) is 0 Å². The number of rotatable bonds is 10. The molecule has 1 saturated heterocycles. The molecule has 8 heteroatoms. The smallest absolute Gasteiger partial charge is 0.161 e. The van der Waals surface area contributed by atoms with Gasteiger partial charge in [0.25, 0.3) is 0 Å². The molecule has 0 bridgehead atoms. The minimum Gasteiger partial charge on any atom is -0.493 e. The summed E-state index contributed by atoms with van der Waals surface area (Å²) in [4.78, 5) is 4.43. The fraction of sp³-hybridized carbons (Fsp3) is 0.550. The summed E-state index contributed by atoms with van der Waals surface area (Å²) in [6.07, 6.45) is 1.07. The van der Waals surface area contributed by atoms with Gasteiger partial charge in [-0.25, -0.2) is 0 Å².